The summed E-state index contributed by atoms with van der Waals surface area (Å²) in [6, 6.07) is 12.0. The van der Waals surface area contributed by atoms with Crippen molar-refractivity contribution in [3.63, 3.8) is 0 Å². The van der Waals surface area contributed by atoms with Gasteiger partial charge in [0.2, 0.25) is 0 Å². The van der Waals surface area contributed by atoms with Crippen molar-refractivity contribution in [1.82, 2.24) is 4.31 Å². The summed E-state index contributed by atoms with van der Waals surface area (Å²) < 4.78 is 30.4. The minimum absolute atomic E-state index is 0.259. The molecule has 0 radical (unpaired) electrons. The van der Waals surface area contributed by atoms with E-state index in [1.807, 2.05) is 0 Å². The maximum Gasteiger partial charge on any atom is 0.386 e. The normalized spacial score (nSPS) is 27.2. The van der Waals surface area contributed by atoms with Gasteiger partial charge in [0.05, 0.1) is 6.04 Å². The first-order valence-electron chi connectivity index (χ1n) is 6.61. The van der Waals surface area contributed by atoms with Crippen molar-refractivity contribution in [3.05, 3.63) is 64.7 Å². The van der Waals surface area contributed by atoms with Crippen LogP contribution in [-0.2, 0) is 10.3 Å². The van der Waals surface area contributed by atoms with Gasteiger partial charge in [-0.15, -0.1) is 4.31 Å². The first-order valence-corrected chi connectivity index (χ1v) is 8.35. The molecule has 0 spiro atoms. The Bertz CT molecular complexity index is 879. The van der Waals surface area contributed by atoms with Gasteiger partial charge in [0.25, 0.3) is 0 Å². The van der Waals surface area contributed by atoms with E-state index >= 15 is 0 Å². The highest BCUT2D eigenvalue weighted by molar-refractivity contribution is 7.85. The minimum atomic E-state index is -3.92. The molecule has 2 aromatic rings. The molecule has 7 heteroatoms. The molecule has 1 fully saturated rings. The summed E-state index contributed by atoms with van der Waals surface area (Å²) >= 11 is 5.81. The number of rotatable bonds is 2. The molecule has 2 aromatic carbocycles. The topological polar surface area (TPSA) is 63.5 Å². The highest BCUT2D eigenvalue weighted by Crippen LogP contribution is 2.53. The predicted molar refractivity (Wildman–Crippen MR) is 80.1 cm³/mol. The van der Waals surface area contributed by atoms with E-state index in [4.69, 9.17) is 15.8 Å². The Morgan fingerprint density at radius 1 is 1.09 bits per heavy atom. The zero-order chi connectivity index (χ0) is 15.5. The maximum atomic E-state index is 12.6. The van der Waals surface area contributed by atoms with E-state index in [1.165, 1.54) is 0 Å². The molecular weight excluding hydrogens is 326 g/mol. The quantitative estimate of drug-likeness (QED) is 0.625. The fourth-order valence-electron chi connectivity index (χ4n) is 2.80. The Hall–Kier alpha value is -1.89. The molecule has 2 heterocycles. The first kappa shape index (κ1) is 13.8. The molecule has 0 bridgehead atoms. The van der Waals surface area contributed by atoms with Crippen LogP contribution in [0, 0.1) is 0 Å². The summed E-state index contributed by atoms with van der Waals surface area (Å²) in [5.41, 5.74) is 1.14. The van der Waals surface area contributed by atoms with Gasteiger partial charge in [-0.25, -0.2) is 0 Å². The van der Waals surface area contributed by atoms with E-state index in [0.717, 1.165) is 4.31 Å². The van der Waals surface area contributed by atoms with E-state index in [9.17, 15) is 13.2 Å². The molecule has 0 aromatic heterocycles. The van der Waals surface area contributed by atoms with Gasteiger partial charge >= 0.3 is 10.3 Å². The fourth-order valence-corrected chi connectivity index (χ4v) is 4.33. The van der Waals surface area contributed by atoms with E-state index in [1.54, 1.807) is 48.5 Å². The van der Waals surface area contributed by atoms with Crippen molar-refractivity contribution >= 4 is 27.7 Å². The van der Waals surface area contributed by atoms with Crippen molar-refractivity contribution in [3.8, 4) is 5.75 Å². The average molecular weight is 336 g/mol. The van der Waals surface area contributed by atoms with Crippen LogP contribution in [0.3, 0.4) is 0 Å². The van der Waals surface area contributed by atoms with E-state index in [-0.39, 0.29) is 11.5 Å². The van der Waals surface area contributed by atoms with Crippen molar-refractivity contribution < 1.29 is 17.4 Å². The monoisotopic (exact) mass is 335 g/mol. The van der Waals surface area contributed by atoms with Crippen LogP contribution in [0.2, 0.25) is 5.02 Å². The SMILES string of the molecule is O=C(c1ccc(Cl)cc1)[C@@H]1[C@H]2c3ccccc3OS(=O)(=O)N12. The molecule has 1 unspecified atom stereocenters. The van der Waals surface area contributed by atoms with Crippen LogP contribution in [0.5, 0.6) is 5.75 Å². The lowest BCUT2D eigenvalue weighted by molar-refractivity contribution is 0.0980. The van der Waals surface area contributed by atoms with Crippen molar-refractivity contribution in [2.24, 2.45) is 0 Å². The van der Waals surface area contributed by atoms with Gasteiger partial charge in [0.1, 0.15) is 11.8 Å². The van der Waals surface area contributed by atoms with Gasteiger partial charge in [-0.05, 0) is 30.3 Å². The summed E-state index contributed by atoms with van der Waals surface area (Å²) in [4.78, 5) is 12.6. The molecule has 2 aliphatic heterocycles. The Morgan fingerprint density at radius 3 is 2.50 bits per heavy atom. The van der Waals surface area contributed by atoms with E-state index in [0.29, 0.717) is 16.1 Å². The number of Topliss-reactive ketones (excluding diaryl/α,β-unsaturated/α-hetero) is 1. The minimum Gasteiger partial charge on any atom is -0.370 e. The number of benzene rings is 2. The molecule has 5 nitrogen and oxygen atoms in total. The van der Waals surface area contributed by atoms with Crippen LogP contribution in [0.1, 0.15) is 22.0 Å². The lowest BCUT2D eigenvalue weighted by Crippen LogP contribution is -2.25. The second kappa shape index (κ2) is 4.55. The molecule has 4 rings (SSSR count). The maximum absolute atomic E-state index is 12.6. The third kappa shape index (κ3) is 1.95. The number of hydrogen-bond acceptors (Lipinski definition) is 4. The average Bonchev–Trinajstić information content (AvgIpc) is 3.24. The number of fused-ring (bicyclic) bond motifs is 3. The summed E-state index contributed by atoms with van der Waals surface area (Å²) in [6.45, 7) is 0. The van der Waals surface area contributed by atoms with Crippen molar-refractivity contribution in [2.45, 2.75) is 12.1 Å². The van der Waals surface area contributed by atoms with Crippen LogP contribution < -0.4 is 4.18 Å². The highest BCUT2D eigenvalue weighted by Gasteiger charge is 2.64. The molecule has 0 N–H and O–H groups in total. The number of hydrogen-bond donors (Lipinski definition) is 0. The van der Waals surface area contributed by atoms with Gasteiger partial charge in [0, 0.05) is 16.1 Å². The second-order valence-corrected chi connectivity index (χ2v) is 7.05. The Kier molecular flexibility index (Phi) is 2.84. The lowest BCUT2D eigenvalue weighted by Gasteiger charge is -2.15. The van der Waals surface area contributed by atoms with Gasteiger partial charge < -0.3 is 4.18 Å². The summed E-state index contributed by atoms with van der Waals surface area (Å²) in [5.74, 6) is 0.0284. The zero-order valence-electron chi connectivity index (χ0n) is 11.1. The zero-order valence-corrected chi connectivity index (χ0v) is 12.7. The first-order chi connectivity index (χ1) is 10.5. The smallest absolute Gasteiger partial charge is 0.370 e. The second-order valence-electron chi connectivity index (χ2n) is 5.17. The van der Waals surface area contributed by atoms with Crippen molar-refractivity contribution in [2.75, 3.05) is 0 Å². The van der Waals surface area contributed by atoms with E-state index < -0.39 is 22.4 Å². The van der Waals surface area contributed by atoms with Crippen molar-refractivity contribution in [1.29, 1.82) is 0 Å². The van der Waals surface area contributed by atoms with E-state index in [2.05, 4.69) is 0 Å². The number of nitrogens with zero attached hydrogens (tertiary/aromatic N) is 1. The lowest BCUT2D eigenvalue weighted by atomic mass is 10.0. The van der Waals surface area contributed by atoms with Crippen LogP contribution >= 0.6 is 11.6 Å². The summed E-state index contributed by atoms with van der Waals surface area (Å²) in [5, 5.41) is 0.520. The molecule has 2 aliphatic rings. The summed E-state index contributed by atoms with van der Waals surface area (Å²) in [7, 11) is -3.92. The van der Waals surface area contributed by atoms with Crippen LogP contribution in [-0.4, -0.2) is 24.5 Å². The third-order valence-electron chi connectivity index (χ3n) is 3.85. The van der Waals surface area contributed by atoms with Crippen LogP contribution in [0.25, 0.3) is 0 Å². The Morgan fingerprint density at radius 2 is 1.77 bits per heavy atom. The number of carbonyl (C=O) groups excluding carboxylic acids is 1. The van der Waals surface area contributed by atoms with Gasteiger partial charge in [0.15, 0.2) is 5.78 Å². The van der Waals surface area contributed by atoms with Crippen LogP contribution in [0.4, 0.5) is 0 Å². The molecule has 22 heavy (non-hydrogen) atoms. The Balaban J connectivity index is 1.74. The molecular formula is C15H10ClNO4S. The van der Waals surface area contributed by atoms with Crippen LogP contribution in [0.15, 0.2) is 48.5 Å². The molecule has 0 amide bonds. The number of halogens is 1. The van der Waals surface area contributed by atoms with Gasteiger partial charge in [-0.3, -0.25) is 4.79 Å². The molecule has 112 valence electrons. The highest BCUT2D eigenvalue weighted by atomic mass is 35.5. The standard InChI is InChI=1S/C15H10ClNO4S/c16-10-7-5-9(6-8-10)15(18)14-13-11-3-1-2-4-12(11)21-22(19,20)17(13)14/h1-8,13-14H/t13-,14+,17?/m1/s1. The molecule has 0 saturated carbocycles. The largest absolute Gasteiger partial charge is 0.386 e. The number of ketones is 1. The predicted octanol–water partition coefficient (Wildman–Crippen LogP) is 2.59. The molecule has 1 saturated heterocycles. The number of para-hydroxylation sites is 1. The number of carbonyl (C=O) groups is 1. The molecule has 0 aliphatic carbocycles. The summed E-state index contributed by atoms with van der Waals surface area (Å²) in [6.07, 6.45) is 0. The van der Waals surface area contributed by atoms with Gasteiger partial charge in [-0.1, -0.05) is 29.8 Å². The third-order valence-corrected chi connectivity index (χ3v) is 5.46. The fraction of sp³-hybridized carbons (Fsp3) is 0.133. The molecule has 3 atom stereocenters. The van der Waals surface area contributed by atoms with Gasteiger partial charge in [-0.2, -0.15) is 8.42 Å². The Labute approximate surface area is 132 Å².